The second-order valence-electron chi connectivity index (χ2n) is 6.29. The van der Waals surface area contributed by atoms with Gasteiger partial charge in [0, 0.05) is 6.61 Å². The molecule has 0 radical (unpaired) electrons. The van der Waals surface area contributed by atoms with Gasteiger partial charge in [-0.3, -0.25) is 0 Å². The van der Waals surface area contributed by atoms with Crippen LogP contribution in [0.4, 0.5) is 0 Å². The SMILES string of the molecule is CC1CCC(CCC2CC[C@H](C)OC2)CC1. The lowest BCUT2D eigenvalue weighted by atomic mass is 9.79. The molecular weight excluding hydrogens is 196 g/mol. The van der Waals surface area contributed by atoms with Gasteiger partial charge in [0.05, 0.1) is 6.10 Å². The van der Waals surface area contributed by atoms with Crippen molar-refractivity contribution < 1.29 is 4.74 Å². The lowest BCUT2D eigenvalue weighted by molar-refractivity contribution is -0.00909. The average Bonchev–Trinajstić information content (AvgIpc) is 2.30. The van der Waals surface area contributed by atoms with Gasteiger partial charge in [-0.15, -0.1) is 0 Å². The molecule has 2 atom stereocenters. The molecule has 2 fully saturated rings. The van der Waals surface area contributed by atoms with Crippen molar-refractivity contribution >= 4 is 0 Å². The molecule has 1 saturated carbocycles. The smallest absolute Gasteiger partial charge is 0.0547 e. The van der Waals surface area contributed by atoms with Gasteiger partial charge in [0.15, 0.2) is 0 Å². The molecule has 0 bridgehead atoms. The largest absolute Gasteiger partial charge is 0.378 e. The topological polar surface area (TPSA) is 9.23 Å². The van der Waals surface area contributed by atoms with E-state index in [9.17, 15) is 0 Å². The Balaban J connectivity index is 1.60. The maximum absolute atomic E-state index is 5.75. The molecule has 1 heteroatoms. The van der Waals surface area contributed by atoms with Crippen LogP contribution in [-0.4, -0.2) is 12.7 Å². The molecule has 0 aromatic carbocycles. The predicted molar refractivity (Wildman–Crippen MR) is 68.5 cm³/mol. The summed E-state index contributed by atoms with van der Waals surface area (Å²) in [6.45, 7) is 5.65. The van der Waals surface area contributed by atoms with Gasteiger partial charge in [-0.2, -0.15) is 0 Å². The van der Waals surface area contributed by atoms with Crippen LogP contribution in [-0.2, 0) is 4.74 Å². The minimum absolute atomic E-state index is 0.520. The molecule has 0 N–H and O–H groups in total. The first kappa shape index (κ1) is 12.4. The fourth-order valence-corrected chi connectivity index (χ4v) is 3.25. The van der Waals surface area contributed by atoms with E-state index in [2.05, 4.69) is 13.8 Å². The zero-order valence-corrected chi connectivity index (χ0v) is 11.1. The molecule has 1 unspecified atom stereocenters. The van der Waals surface area contributed by atoms with Crippen molar-refractivity contribution in [1.82, 2.24) is 0 Å². The number of hydrogen-bond acceptors (Lipinski definition) is 1. The maximum atomic E-state index is 5.75. The Kier molecular flexibility index (Phi) is 4.69. The van der Waals surface area contributed by atoms with Crippen molar-refractivity contribution in [2.75, 3.05) is 6.61 Å². The average molecular weight is 224 g/mol. The summed E-state index contributed by atoms with van der Waals surface area (Å²) < 4.78 is 5.75. The zero-order chi connectivity index (χ0) is 11.4. The monoisotopic (exact) mass is 224 g/mol. The van der Waals surface area contributed by atoms with Crippen LogP contribution in [0.3, 0.4) is 0 Å². The summed E-state index contributed by atoms with van der Waals surface area (Å²) in [5.74, 6) is 2.90. The summed E-state index contributed by atoms with van der Waals surface area (Å²) in [6, 6.07) is 0. The second kappa shape index (κ2) is 6.05. The highest BCUT2D eigenvalue weighted by Gasteiger charge is 2.22. The molecule has 1 aliphatic carbocycles. The molecule has 2 aliphatic rings. The summed E-state index contributed by atoms with van der Waals surface area (Å²) in [4.78, 5) is 0. The first-order chi connectivity index (χ1) is 7.74. The van der Waals surface area contributed by atoms with E-state index >= 15 is 0 Å². The van der Waals surface area contributed by atoms with Gasteiger partial charge in [-0.25, -0.2) is 0 Å². The summed E-state index contributed by atoms with van der Waals surface area (Å²) in [7, 11) is 0. The molecule has 0 aromatic rings. The molecular formula is C15H28O. The van der Waals surface area contributed by atoms with Gasteiger partial charge in [-0.05, 0) is 43.9 Å². The normalized spacial score (nSPS) is 40.9. The number of ether oxygens (including phenoxy) is 1. The minimum Gasteiger partial charge on any atom is -0.378 e. The maximum Gasteiger partial charge on any atom is 0.0547 e. The fourth-order valence-electron chi connectivity index (χ4n) is 3.25. The van der Waals surface area contributed by atoms with Crippen LogP contribution in [0.15, 0.2) is 0 Å². The third-order valence-corrected chi connectivity index (χ3v) is 4.72. The number of hydrogen-bond donors (Lipinski definition) is 0. The Labute approximate surface area is 101 Å². The minimum atomic E-state index is 0.520. The quantitative estimate of drug-likeness (QED) is 0.690. The van der Waals surface area contributed by atoms with E-state index in [4.69, 9.17) is 4.74 Å². The Morgan fingerprint density at radius 1 is 0.812 bits per heavy atom. The highest BCUT2D eigenvalue weighted by Crippen LogP contribution is 2.33. The molecule has 94 valence electrons. The highest BCUT2D eigenvalue weighted by molar-refractivity contribution is 4.73. The zero-order valence-electron chi connectivity index (χ0n) is 11.1. The highest BCUT2D eigenvalue weighted by atomic mass is 16.5. The third-order valence-electron chi connectivity index (χ3n) is 4.72. The van der Waals surface area contributed by atoms with Gasteiger partial charge in [0.25, 0.3) is 0 Å². The van der Waals surface area contributed by atoms with Crippen LogP contribution in [0.5, 0.6) is 0 Å². The lowest BCUT2D eigenvalue weighted by Crippen LogP contribution is -2.24. The van der Waals surface area contributed by atoms with Gasteiger partial charge in [0.2, 0.25) is 0 Å². The van der Waals surface area contributed by atoms with Crippen molar-refractivity contribution in [2.24, 2.45) is 17.8 Å². The van der Waals surface area contributed by atoms with Crippen LogP contribution in [0.2, 0.25) is 0 Å². The third kappa shape index (κ3) is 3.76. The molecule has 0 spiro atoms. The van der Waals surface area contributed by atoms with Crippen LogP contribution in [0.1, 0.15) is 65.2 Å². The second-order valence-corrected chi connectivity index (χ2v) is 6.29. The Hall–Kier alpha value is -0.0400. The first-order valence-corrected chi connectivity index (χ1v) is 7.35. The van der Waals surface area contributed by atoms with E-state index < -0.39 is 0 Å². The van der Waals surface area contributed by atoms with Crippen molar-refractivity contribution in [2.45, 2.75) is 71.3 Å². The van der Waals surface area contributed by atoms with Gasteiger partial charge in [0.1, 0.15) is 0 Å². The molecule has 1 nitrogen and oxygen atoms in total. The number of rotatable bonds is 3. The van der Waals surface area contributed by atoms with Crippen molar-refractivity contribution in [3.63, 3.8) is 0 Å². The van der Waals surface area contributed by atoms with Gasteiger partial charge in [-0.1, -0.05) is 39.0 Å². The standard InChI is InChI=1S/C15H28O/c1-12-3-6-14(7-4-12)9-10-15-8-5-13(2)16-11-15/h12-15H,3-11H2,1-2H3/t12?,13-,14?,15?/m0/s1. The van der Waals surface area contributed by atoms with Crippen LogP contribution in [0.25, 0.3) is 0 Å². The fraction of sp³-hybridized carbons (Fsp3) is 1.00. The van der Waals surface area contributed by atoms with Crippen LogP contribution < -0.4 is 0 Å². The molecule has 1 aliphatic heterocycles. The van der Waals surface area contributed by atoms with E-state index in [1.54, 1.807) is 0 Å². The summed E-state index contributed by atoms with van der Waals surface area (Å²) in [5.41, 5.74) is 0. The van der Waals surface area contributed by atoms with Crippen molar-refractivity contribution in [3.05, 3.63) is 0 Å². The Morgan fingerprint density at radius 3 is 2.06 bits per heavy atom. The Bertz CT molecular complexity index is 164. The first-order valence-electron chi connectivity index (χ1n) is 7.35. The molecule has 0 aromatic heterocycles. The lowest BCUT2D eigenvalue weighted by Gasteiger charge is -2.30. The van der Waals surface area contributed by atoms with Crippen LogP contribution in [0, 0.1) is 17.8 Å². The molecule has 16 heavy (non-hydrogen) atoms. The molecule has 1 saturated heterocycles. The van der Waals surface area contributed by atoms with Gasteiger partial charge >= 0.3 is 0 Å². The van der Waals surface area contributed by atoms with E-state index in [1.165, 1.54) is 51.4 Å². The van der Waals surface area contributed by atoms with Gasteiger partial charge < -0.3 is 4.74 Å². The van der Waals surface area contributed by atoms with E-state index in [0.717, 1.165) is 24.4 Å². The Morgan fingerprint density at radius 2 is 1.44 bits per heavy atom. The van der Waals surface area contributed by atoms with E-state index in [0.29, 0.717) is 6.10 Å². The van der Waals surface area contributed by atoms with Crippen molar-refractivity contribution in [3.8, 4) is 0 Å². The van der Waals surface area contributed by atoms with E-state index in [1.807, 2.05) is 0 Å². The summed E-state index contributed by atoms with van der Waals surface area (Å²) in [6.07, 6.45) is 12.0. The predicted octanol–water partition coefficient (Wildman–Crippen LogP) is 4.41. The molecule has 0 amide bonds. The summed E-state index contributed by atoms with van der Waals surface area (Å²) in [5, 5.41) is 0. The molecule has 2 rings (SSSR count). The van der Waals surface area contributed by atoms with E-state index in [-0.39, 0.29) is 0 Å². The van der Waals surface area contributed by atoms with Crippen LogP contribution >= 0.6 is 0 Å². The van der Waals surface area contributed by atoms with Crippen molar-refractivity contribution in [1.29, 1.82) is 0 Å². The summed E-state index contributed by atoms with van der Waals surface area (Å²) >= 11 is 0. The molecule has 1 heterocycles.